The van der Waals surface area contributed by atoms with E-state index in [4.69, 9.17) is 0 Å². The lowest BCUT2D eigenvalue weighted by molar-refractivity contribution is 0.0600. The highest BCUT2D eigenvalue weighted by Crippen LogP contribution is 2.19. The van der Waals surface area contributed by atoms with E-state index in [9.17, 15) is 13.2 Å². The molecule has 0 aromatic heterocycles. The summed E-state index contributed by atoms with van der Waals surface area (Å²) in [5, 5.41) is 0. The fourth-order valence-electron chi connectivity index (χ4n) is 3.10. The van der Waals surface area contributed by atoms with E-state index < -0.39 is 16.0 Å². The number of methoxy groups -OCH3 is 1. The number of sulfonamides is 1. The highest BCUT2D eigenvalue weighted by Gasteiger charge is 2.23. The third kappa shape index (κ3) is 5.03. The third-order valence-corrected chi connectivity index (χ3v) is 6.48. The minimum atomic E-state index is -3.61. The average Bonchev–Trinajstić information content (AvgIpc) is 2.59. The monoisotopic (exact) mass is 368 g/mol. The summed E-state index contributed by atoms with van der Waals surface area (Å²) in [4.78, 5) is 14.1. The zero-order valence-corrected chi connectivity index (χ0v) is 16.2. The molecule has 1 fully saturated rings. The molecule has 0 aliphatic carbocycles. The molecule has 1 saturated heterocycles. The van der Waals surface area contributed by atoms with Crippen LogP contribution in [0.3, 0.4) is 0 Å². The van der Waals surface area contributed by atoms with Crippen molar-refractivity contribution in [1.82, 2.24) is 9.62 Å². The fraction of sp³-hybridized carbons (Fsp3) is 0.611. The number of esters is 1. The maximum absolute atomic E-state index is 12.6. The smallest absolute Gasteiger partial charge is 0.337 e. The van der Waals surface area contributed by atoms with Crippen LogP contribution in [-0.4, -0.2) is 52.1 Å². The van der Waals surface area contributed by atoms with Gasteiger partial charge < -0.3 is 4.74 Å². The lowest BCUT2D eigenvalue weighted by Crippen LogP contribution is -2.45. The van der Waals surface area contributed by atoms with Crippen LogP contribution in [0, 0.1) is 12.8 Å². The van der Waals surface area contributed by atoms with Crippen LogP contribution in [0.1, 0.15) is 42.6 Å². The molecule has 0 saturated carbocycles. The molecule has 1 aliphatic rings. The molecule has 0 bridgehead atoms. The Morgan fingerprint density at radius 1 is 1.36 bits per heavy atom. The third-order valence-electron chi connectivity index (χ3n) is 4.90. The van der Waals surface area contributed by atoms with Crippen LogP contribution in [0.15, 0.2) is 23.1 Å². The number of nitrogens with one attached hydrogen (secondary N) is 1. The highest BCUT2D eigenvalue weighted by atomic mass is 32.2. The van der Waals surface area contributed by atoms with Crippen molar-refractivity contribution in [3.63, 3.8) is 0 Å². The van der Waals surface area contributed by atoms with Crippen LogP contribution >= 0.6 is 0 Å². The van der Waals surface area contributed by atoms with Crippen LogP contribution in [0.5, 0.6) is 0 Å². The Labute approximate surface area is 150 Å². The van der Waals surface area contributed by atoms with Gasteiger partial charge in [-0.1, -0.05) is 6.92 Å². The van der Waals surface area contributed by atoms with Crippen LogP contribution < -0.4 is 4.72 Å². The Kier molecular flexibility index (Phi) is 6.59. The first-order chi connectivity index (χ1) is 11.7. The van der Waals surface area contributed by atoms with Crippen molar-refractivity contribution < 1.29 is 17.9 Å². The van der Waals surface area contributed by atoms with Crippen molar-refractivity contribution in [1.29, 1.82) is 0 Å². The Hall–Kier alpha value is -1.44. The summed E-state index contributed by atoms with van der Waals surface area (Å²) in [5.74, 6) is 0.268. The van der Waals surface area contributed by atoms with Gasteiger partial charge in [0.2, 0.25) is 10.0 Å². The number of aryl methyl sites for hydroxylation is 1. The predicted octanol–water partition coefficient (Wildman–Crippen LogP) is 2.18. The molecule has 1 atom stereocenters. The molecule has 0 spiro atoms. The van der Waals surface area contributed by atoms with E-state index in [1.165, 1.54) is 25.3 Å². The second kappa shape index (κ2) is 8.29. The van der Waals surface area contributed by atoms with Crippen molar-refractivity contribution in [2.75, 3.05) is 26.7 Å². The molecule has 1 aliphatic heterocycles. The molecule has 0 amide bonds. The van der Waals surface area contributed by atoms with E-state index in [2.05, 4.69) is 21.3 Å². The normalized spacial score (nSPS) is 18.1. The van der Waals surface area contributed by atoms with Crippen molar-refractivity contribution in [2.24, 2.45) is 5.92 Å². The number of carbonyl (C=O) groups is 1. The van der Waals surface area contributed by atoms with E-state index in [0.29, 0.717) is 17.7 Å². The summed E-state index contributed by atoms with van der Waals surface area (Å²) in [7, 11) is -2.32. The standard InChI is InChI=1S/C18H28N2O4S/c1-13-7-9-20(10-8-13)15(3)12-19-25(22,23)17-6-5-16(11-14(17)2)18(21)24-4/h5-6,11,13,15,19H,7-10,12H2,1-4H3. The Morgan fingerprint density at radius 3 is 2.56 bits per heavy atom. The summed E-state index contributed by atoms with van der Waals surface area (Å²) in [5.41, 5.74) is 0.865. The number of carbonyl (C=O) groups excluding carboxylic acids is 1. The van der Waals surface area contributed by atoms with Gasteiger partial charge in [0, 0.05) is 12.6 Å². The Bertz CT molecular complexity index is 710. The van der Waals surface area contributed by atoms with Crippen molar-refractivity contribution in [3.8, 4) is 0 Å². The van der Waals surface area contributed by atoms with E-state index in [1.807, 2.05) is 6.92 Å². The minimum Gasteiger partial charge on any atom is -0.465 e. The van der Waals surface area contributed by atoms with Gasteiger partial charge in [0.25, 0.3) is 0 Å². The van der Waals surface area contributed by atoms with Gasteiger partial charge in [-0.15, -0.1) is 0 Å². The van der Waals surface area contributed by atoms with Crippen LogP contribution in [0.2, 0.25) is 0 Å². The molecular formula is C18H28N2O4S. The first-order valence-electron chi connectivity index (χ1n) is 8.67. The molecule has 140 valence electrons. The number of benzene rings is 1. The second-order valence-corrected chi connectivity index (χ2v) is 8.63. The second-order valence-electron chi connectivity index (χ2n) is 6.89. The van der Waals surface area contributed by atoms with Gasteiger partial charge in [-0.25, -0.2) is 17.9 Å². The van der Waals surface area contributed by atoms with E-state index >= 15 is 0 Å². The van der Waals surface area contributed by atoms with Gasteiger partial charge in [0.05, 0.1) is 17.6 Å². The SMILES string of the molecule is COC(=O)c1ccc(S(=O)(=O)NCC(C)N2CCC(C)CC2)c(C)c1. The molecule has 1 aromatic rings. The quantitative estimate of drug-likeness (QED) is 0.779. The zero-order valence-electron chi connectivity index (χ0n) is 15.4. The van der Waals surface area contributed by atoms with Gasteiger partial charge in [0.15, 0.2) is 0 Å². The van der Waals surface area contributed by atoms with Gasteiger partial charge in [0.1, 0.15) is 0 Å². The van der Waals surface area contributed by atoms with Gasteiger partial charge in [-0.3, -0.25) is 4.90 Å². The molecule has 0 radical (unpaired) electrons. The van der Waals surface area contributed by atoms with E-state index in [0.717, 1.165) is 31.8 Å². The number of rotatable bonds is 6. The molecule has 7 heteroatoms. The van der Waals surface area contributed by atoms with Gasteiger partial charge in [-0.05, 0) is 69.5 Å². The van der Waals surface area contributed by atoms with Crippen molar-refractivity contribution in [2.45, 2.75) is 44.6 Å². The van der Waals surface area contributed by atoms with E-state index in [1.54, 1.807) is 6.92 Å². The zero-order chi connectivity index (χ0) is 18.6. The molecular weight excluding hydrogens is 340 g/mol. The first kappa shape index (κ1) is 19.9. The number of nitrogens with zero attached hydrogens (tertiary/aromatic N) is 1. The van der Waals surface area contributed by atoms with Crippen molar-refractivity contribution >= 4 is 16.0 Å². The first-order valence-corrected chi connectivity index (χ1v) is 10.2. The van der Waals surface area contributed by atoms with Gasteiger partial charge >= 0.3 is 5.97 Å². The number of hydrogen-bond acceptors (Lipinski definition) is 5. The topological polar surface area (TPSA) is 75.7 Å². The Balaban J connectivity index is 2.02. The maximum Gasteiger partial charge on any atom is 0.337 e. The Morgan fingerprint density at radius 2 is 2.00 bits per heavy atom. The number of piperidine rings is 1. The largest absolute Gasteiger partial charge is 0.465 e. The van der Waals surface area contributed by atoms with Crippen LogP contribution in [0.25, 0.3) is 0 Å². The highest BCUT2D eigenvalue weighted by molar-refractivity contribution is 7.89. The summed E-state index contributed by atoms with van der Waals surface area (Å²) in [6, 6.07) is 4.62. The summed E-state index contributed by atoms with van der Waals surface area (Å²) in [6.07, 6.45) is 2.32. The molecule has 25 heavy (non-hydrogen) atoms. The van der Waals surface area contributed by atoms with Crippen LogP contribution in [0.4, 0.5) is 0 Å². The number of ether oxygens (including phenoxy) is 1. The minimum absolute atomic E-state index is 0.150. The lowest BCUT2D eigenvalue weighted by atomic mass is 9.98. The molecule has 2 rings (SSSR count). The average molecular weight is 368 g/mol. The van der Waals surface area contributed by atoms with E-state index in [-0.39, 0.29) is 10.9 Å². The maximum atomic E-state index is 12.6. The molecule has 6 nitrogen and oxygen atoms in total. The van der Waals surface area contributed by atoms with Crippen LogP contribution in [-0.2, 0) is 14.8 Å². The molecule has 1 heterocycles. The molecule has 1 unspecified atom stereocenters. The van der Waals surface area contributed by atoms with Crippen molar-refractivity contribution in [3.05, 3.63) is 29.3 Å². The molecule has 1 N–H and O–H groups in total. The summed E-state index contributed by atoms with van der Waals surface area (Å²) >= 11 is 0. The van der Waals surface area contributed by atoms with Gasteiger partial charge in [-0.2, -0.15) is 0 Å². The number of hydrogen-bond donors (Lipinski definition) is 1. The molecule has 1 aromatic carbocycles. The predicted molar refractivity (Wildman–Crippen MR) is 97.1 cm³/mol. The summed E-state index contributed by atoms with van der Waals surface area (Å²) < 4.78 is 32.6. The lowest BCUT2D eigenvalue weighted by Gasteiger charge is -2.35. The fourth-order valence-corrected chi connectivity index (χ4v) is 4.45. The number of likely N-dealkylation sites (tertiary alicyclic amines) is 1. The summed E-state index contributed by atoms with van der Waals surface area (Å²) in [6.45, 7) is 8.37.